The van der Waals surface area contributed by atoms with Crippen LogP contribution in [0, 0.1) is 25.7 Å². The van der Waals surface area contributed by atoms with Crippen molar-refractivity contribution in [2.24, 2.45) is 11.8 Å². The largest absolute Gasteiger partial charge is 0.481 e. The fourth-order valence-corrected chi connectivity index (χ4v) is 2.65. The lowest BCUT2D eigenvalue weighted by molar-refractivity contribution is -0.144. The van der Waals surface area contributed by atoms with E-state index in [2.05, 4.69) is 5.16 Å². The van der Waals surface area contributed by atoms with E-state index in [1.54, 1.807) is 11.8 Å². The van der Waals surface area contributed by atoms with Crippen molar-refractivity contribution in [3.63, 3.8) is 0 Å². The van der Waals surface area contributed by atoms with Crippen LogP contribution in [0.15, 0.2) is 4.52 Å². The SMILES string of the molecule is Cc1noc(C)c1C[C@H](C)C(=O)N(C[C@H](C)C(=O)O)C1CC1. The van der Waals surface area contributed by atoms with E-state index >= 15 is 0 Å². The predicted molar refractivity (Wildman–Crippen MR) is 80.4 cm³/mol. The van der Waals surface area contributed by atoms with Crippen molar-refractivity contribution in [2.75, 3.05) is 6.54 Å². The van der Waals surface area contributed by atoms with Gasteiger partial charge in [-0.05, 0) is 33.1 Å². The third-order valence-electron chi connectivity index (χ3n) is 4.28. The number of carboxylic acid groups (broad SMARTS) is 1. The van der Waals surface area contributed by atoms with Gasteiger partial charge in [-0.15, -0.1) is 0 Å². The summed E-state index contributed by atoms with van der Waals surface area (Å²) in [5, 5.41) is 13.0. The molecule has 1 aliphatic rings. The monoisotopic (exact) mass is 308 g/mol. The number of carbonyl (C=O) groups is 2. The quantitative estimate of drug-likeness (QED) is 0.834. The van der Waals surface area contributed by atoms with Crippen molar-refractivity contribution >= 4 is 11.9 Å². The van der Waals surface area contributed by atoms with Crippen LogP contribution in [0.5, 0.6) is 0 Å². The second-order valence-corrected chi connectivity index (χ2v) is 6.37. The van der Waals surface area contributed by atoms with Crippen LogP contribution in [0.1, 0.15) is 43.7 Å². The molecule has 1 aromatic heterocycles. The van der Waals surface area contributed by atoms with Crippen LogP contribution in [0.25, 0.3) is 0 Å². The topological polar surface area (TPSA) is 83.6 Å². The fraction of sp³-hybridized carbons (Fsp3) is 0.688. The highest BCUT2D eigenvalue weighted by molar-refractivity contribution is 5.80. The van der Waals surface area contributed by atoms with Crippen molar-refractivity contribution in [2.45, 2.75) is 53.0 Å². The highest BCUT2D eigenvalue weighted by Crippen LogP contribution is 2.30. The summed E-state index contributed by atoms with van der Waals surface area (Å²) >= 11 is 0. The average molecular weight is 308 g/mol. The smallest absolute Gasteiger partial charge is 0.308 e. The van der Waals surface area contributed by atoms with E-state index in [0.29, 0.717) is 6.42 Å². The van der Waals surface area contributed by atoms with Crippen LogP contribution in [-0.2, 0) is 16.0 Å². The molecule has 0 unspecified atom stereocenters. The minimum absolute atomic E-state index is 0.0237. The second kappa shape index (κ2) is 6.50. The van der Waals surface area contributed by atoms with Crippen LogP contribution >= 0.6 is 0 Å². The summed E-state index contributed by atoms with van der Waals surface area (Å²) in [5.41, 5.74) is 1.79. The zero-order valence-corrected chi connectivity index (χ0v) is 13.6. The van der Waals surface area contributed by atoms with Crippen LogP contribution in [0.4, 0.5) is 0 Å². The van der Waals surface area contributed by atoms with E-state index in [4.69, 9.17) is 9.63 Å². The number of carboxylic acids is 1. The van der Waals surface area contributed by atoms with Gasteiger partial charge in [0, 0.05) is 24.1 Å². The van der Waals surface area contributed by atoms with Crippen molar-refractivity contribution in [1.29, 1.82) is 0 Å². The molecule has 1 saturated carbocycles. The highest BCUT2D eigenvalue weighted by atomic mass is 16.5. The van der Waals surface area contributed by atoms with E-state index in [-0.39, 0.29) is 24.4 Å². The Labute approximate surface area is 130 Å². The van der Waals surface area contributed by atoms with Crippen LogP contribution in [-0.4, -0.2) is 39.6 Å². The Hall–Kier alpha value is -1.85. The third-order valence-corrected chi connectivity index (χ3v) is 4.28. The predicted octanol–water partition coefficient (Wildman–Crippen LogP) is 2.18. The Balaban J connectivity index is 2.05. The van der Waals surface area contributed by atoms with E-state index in [9.17, 15) is 9.59 Å². The molecule has 0 aliphatic heterocycles. The van der Waals surface area contributed by atoms with Gasteiger partial charge in [-0.25, -0.2) is 0 Å². The van der Waals surface area contributed by atoms with Gasteiger partial charge in [-0.3, -0.25) is 9.59 Å². The molecule has 1 aliphatic carbocycles. The van der Waals surface area contributed by atoms with Gasteiger partial charge in [0.05, 0.1) is 11.6 Å². The number of hydrogen-bond acceptors (Lipinski definition) is 4. The maximum Gasteiger partial charge on any atom is 0.308 e. The van der Waals surface area contributed by atoms with E-state index in [0.717, 1.165) is 29.9 Å². The number of aromatic nitrogens is 1. The number of rotatable bonds is 7. The number of aryl methyl sites for hydroxylation is 2. The zero-order chi connectivity index (χ0) is 16.4. The molecule has 22 heavy (non-hydrogen) atoms. The minimum atomic E-state index is -0.864. The van der Waals surface area contributed by atoms with Gasteiger partial charge in [0.2, 0.25) is 5.91 Å². The Morgan fingerprint density at radius 1 is 1.32 bits per heavy atom. The molecule has 0 saturated heterocycles. The molecular formula is C16H24N2O4. The van der Waals surface area contributed by atoms with Crippen LogP contribution in [0.3, 0.4) is 0 Å². The Morgan fingerprint density at radius 3 is 2.41 bits per heavy atom. The molecular weight excluding hydrogens is 284 g/mol. The molecule has 0 bridgehead atoms. The second-order valence-electron chi connectivity index (χ2n) is 6.37. The molecule has 1 aromatic rings. The molecule has 1 amide bonds. The molecule has 2 rings (SSSR count). The third kappa shape index (κ3) is 3.67. The van der Waals surface area contributed by atoms with E-state index in [1.165, 1.54) is 0 Å². The lowest BCUT2D eigenvalue weighted by Gasteiger charge is -2.27. The zero-order valence-electron chi connectivity index (χ0n) is 13.6. The van der Waals surface area contributed by atoms with Crippen molar-refractivity contribution in [3.8, 4) is 0 Å². The summed E-state index contributed by atoms with van der Waals surface area (Å²) in [6, 6.07) is 0.210. The molecule has 1 fully saturated rings. The number of aliphatic carboxylic acids is 1. The van der Waals surface area contributed by atoms with E-state index < -0.39 is 11.9 Å². The summed E-state index contributed by atoms with van der Waals surface area (Å²) in [6.45, 7) is 7.52. The molecule has 2 atom stereocenters. The average Bonchev–Trinajstić information content (AvgIpc) is 3.25. The first-order valence-electron chi connectivity index (χ1n) is 7.76. The van der Waals surface area contributed by atoms with Crippen molar-refractivity contribution in [1.82, 2.24) is 10.1 Å². The fourth-order valence-electron chi connectivity index (χ4n) is 2.65. The van der Waals surface area contributed by atoms with Gasteiger partial charge in [0.1, 0.15) is 5.76 Å². The number of amides is 1. The van der Waals surface area contributed by atoms with Crippen LogP contribution < -0.4 is 0 Å². The Morgan fingerprint density at radius 2 is 1.95 bits per heavy atom. The normalized spacial score (nSPS) is 17.1. The number of hydrogen-bond donors (Lipinski definition) is 1. The number of nitrogens with zero attached hydrogens (tertiary/aromatic N) is 2. The van der Waals surface area contributed by atoms with Gasteiger partial charge in [0.15, 0.2) is 0 Å². The maximum atomic E-state index is 12.7. The highest BCUT2D eigenvalue weighted by Gasteiger charge is 2.36. The molecule has 6 nitrogen and oxygen atoms in total. The first kappa shape index (κ1) is 16.5. The van der Waals surface area contributed by atoms with Gasteiger partial charge in [-0.2, -0.15) is 0 Å². The molecule has 1 heterocycles. The van der Waals surface area contributed by atoms with E-state index in [1.807, 2.05) is 20.8 Å². The minimum Gasteiger partial charge on any atom is -0.481 e. The lowest BCUT2D eigenvalue weighted by Crippen LogP contribution is -2.41. The van der Waals surface area contributed by atoms with Crippen molar-refractivity contribution < 1.29 is 19.2 Å². The molecule has 122 valence electrons. The first-order chi connectivity index (χ1) is 10.3. The molecule has 0 spiro atoms. The Bertz CT molecular complexity index is 543. The lowest BCUT2D eigenvalue weighted by atomic mass is 9.98. The first-order valence-corrected chi connectivity index (χ1v) is 7.76. The summed E-state index contributed by atoms with van der Waals surface area (Å²) in [6.07, 6.45) is 2.51. The summed E-state index contributed by atoms with van der Waals surface area (Å²) in [5.74, 6) is -0.851. The maximum absolute atomic E-state index is 12.7. The Kier molecular flexibility index (Phi) is 4.88. The van der Waals surface area contributed by atoms with Crippen LogP contribution in [0.2, 0.25) is 0 Å². The molecule has 0 aromatic carbocycles. The summed E-state index contributed by atoms with van der Waals surface area (Å²) < 4.78 is 5.14. The summed E-state index contributed by atoms with van der Waals surface area (Å²) in [4.78, 5) is 25.5. The number of carbonyl (C=O) groups excluding carboxylic acids is 1. The van der Waals surface area contributed by atoms with Gasteiger partial charge < -0.3 is 14.5 Å². The molecule has 6 heteroatoms. The summed E-state index contributed by atoms with van der Waals surface area (Å²) in [7, 11) is 0. The van der Waals surface area contributed by atoms with Gasteiger partial charge >= 0.3 is 5.97 Å². The standard InChI is InChI=1S/C16H24N2O4/c1-9(7-14-11(3)17-22-12(14)4)15(19)18(13-5-6-13)8-10(2)16(20)21/h9-10,13H,5-8H2,1-4H3,(H,20,21)/t9-,10-/m0/s1. The molecule has 0 radical (unpaired) electrons. The molecule has 1 N–H and O–H groups in total. The van der Waals surface area contributed by atoms with Gasteiger partial charge in [-0.1, -0.05) is 19.0 Å². The van der Waals surface area contributed by atoms with Gasteiger partial charge in [0.25, 0.3) is 0 Å². The van der Waals surface area contributed by atoms with Crippen molar-refractivity contribution in [3.05, 3.63) is 17.0 Å².